The van der Waals surface area contributed by atoms with E-state index in [0.29, 0.717) is 34.1 Å². The van der Waals surface area contributed by atoms with E-state index in [0.717, 1.165) is 63.1 Å². The minimum absolute atomic E-state index is 0.0200. The van der Waals surface area contributed by atoms with Gasteiger partial charge in [-0.1, -0.05) is 91.0 Å². The summed E-state index contributed by atoms with van der Waals surface area (Å²) in [6.45, 7) is 16.7. The second-order valence-electron chi connectivity index (χ2n) is 28.2. The van der Waals surface area contributed by atoms with Gasteiger partial charge in [0.1, 0.15) is 66.4 Å². The Morgan fingerprint density at radius 2 is 0.632 bits per heavy atom. The third-order valence-electron chi connectivity index (χ3n) is 15.6. The number of methoxy groups -OCH3 is 4. The molecule has 0 heterocycles. The molecule has 0 atom stereocenters. The van der Waals surface area contributed by atoms with E-state index < -0.39 is 87.4 Å². The number of alkyl halides is 3. The smallest absolute Gasteiger partial charge is 0.416 e. The molecule has 7 amide bonds. The van der Waals surface area contributed by atoms with Gasteiger partial charge in [0, 0.05) is 29.2 Å². The van der Waals surface area contributed by atoms with E-state index in [1.807, 2.05) is 105 Å². The zero-order valence-corrected chi connectivity index (χ0v) is 67.0. The molecule has 10 aromatic carbocycles. The predicted molar refractivity (Wildman–Crippen MR) is 427 cm³/mol. The molecule has 0 bridgehead atoms. The molecule has 31 heteroatoms. The lowest BCUT2D eigenvalue weighted by Crippen LogP contribution is -2.48. The second-order valence-corrected chi connectivity index (χ2v) is 33.2. The van der Waals surface area contributed by atoms with Gasteiger partial charge in [-0.25, -0.2) is 58.6 Å². The lowest BCUT2D eigenvalue weighted by Gasteiger charge is -2.21. The highest BCUT2D eigenvalue weighted by atomic mass is 32.2. The lowest BCUT2D eigenvalue weighted by molar-refractivity contribution is -0.137. The van der Waals surface area contributed by atoms with Gasteiger partial charge in [0.15, 0.2) is 0 Å². The number of sulfonamides is 3. The summed E-state index contributed by atoms with van der Waals surface area (Å²) in [5.41, 5.74) is 3.12. The van der Waals surface area contributed by atoms with Crippen LogP contribution in [0, 0.1) is 0 Å². The molecule has 0 unspecified atom stereocenters. The van der Waals surface area contributed by atoms with Crippen LogP contribution in [0.2, 0.25) is 0 Å². The Hall–Kier alpha value is -12.6. The molecule has 600 valence electrons. The number of anilines is 1. The van der Waals surface area contributed by atoms with Gasteiger partial charge in [-0.2, -0.15) is 13.2 Å². The molecule has 0 saturated carbocycles. The molecule has 7 N–H and O–H groups in total. The maximum Gasteiger partial charge on any atom is 0.416 e. The SMILES string of the molecule is COC(=O)c1ccc(Oc2cccc(-c3ccc(OC)cc3)c2)c(S(=O)(=O)NC(=O)NC(C)(C)C)c1.COc1ccc(-c2cccc(Oc3ccc(-c4ccc(C(F)(F)F)cc4)cc3S(=O)(=O)NC(=O)NC(C)(C)C)c2)cc1.COc1ccc(-c2cccc(Oc3ccc(NC(C)=O)cc3S(=O)(=O)NC(=O)NC(C)(C)C)c2)cc1. The van der Waals surface area contributed by atoms with Gasteiger partial charge in [-0.3, -0.25) is 4.79 Å². The Labute approximate surface area is 660 Å². The molecule has 0 aliphatic heterocycles. The van der Waals surface area contributed by atoms with Crippen molar-refractivity contribution in [3.05, 3.63) is 236 Å². The van der Waals surface area contributed by atoms with Gasteiger partial charge in [-0.15, -0.1) is 0 Å². The topological polar surface area (TPSA) is 337 Å². The fourth-order valence-electron chi connectivity index (χ4n) is 10.5. The van der Waals surface area contributed by atoms with Crippen LogP contribution in [0.25, 0.3) is 44.5 Å². The molecule has 0 radical (unpaired) electrons. The molecule has 0 aromatic heterocycles. The average molecular weight is 1620 g/mol. The molecule has 10 rings (SSSR count). The minimum Gasteiger partial charge on any atom is -0.497 e. The molecule has 0 aliphatic carbocycles. The van der Waals surface area contributed by atoms with Crippen LogP contribution in [0.5, 0.6) is 51.7 Å². The van der Waals surface area contributed by atoms with E-state index in [1.165, 1.54) is 74.7 Å². The molecular formula is C83H86F3N7O18S3. The summed E-state index contributed by atoms with van der Waals surface area (Å²) in [5.74, 6) is 1.88. The molecule has 114 heavy (non-hydrogen) atoms. The molecular weight excluding hydrogens is 1540 g/mol. The van der Waals surface area contributed by atoms with Gasteiger partial charge in [-0.05, 0) is 240 Å². The van der Waals surface area contributed by atoms with E-state index in [-0.39, 0.29) is 44.2 Å². The van der Waals surface area contributed by atoms with Crippen molar-refractivity contribution in [2.24, 2.45) is 0 Å². The number of rotatable bonds is 21. The second kappa shape index (κ2) is 36.7. The number of urea groups is 3. The summed E-state index contributed by atoms with van der Waals surface area (Å²) in [4.78, 5) is 59.6. The Morgan fingerprint density at radius 1 is 0.333 bits per heavy atom. The van der Waals surface area contributed by atoms with Crippen molar-refractivity contribution < 1.29 is 95.6 Å². The summed E-state index contributed by atoms with van der Waals surface area (Å²) >= 11 is 0. The number of hydrogen-bond donors (Lipinski definition) is 7. The van der Waals surface area contributed by atoms with E-state index in [9.17, 15) is 62.4 Å². The van der Waals surface area contributed by atoms with E-state index in [1.54, 1.807) is 138 Å². The maximum atomic E-state index is 13.4. The van der Waals surface area contributed by atoms with Crippen LogP contribution in [-0.4, -0.2) is 100 Å². The van der Waals surface area contributed by atoms with Crippen molar-refractivity contribution in [3.8, 4) is 96.3 Å². The zero-order valence-electron chi connectivity index (χ0n) is 64.6. The zero-order chi connectivity index (χ0) is 83.7. The number of esters is 1. The predicted octanol–water partition coefficient (Wildman–Crippen LogP) is 17.3. The highest BCUT2D eigenvalue weighted by Crippen LogP contribution is 2.39. The average Bonchev–Trinajstić information content (AvgIpc) is 0.803. The number of carbonyl (C=O) groups excluding carboxylic acids is 5. The molecule has 10 aromatic rings. The van der Waals surface area contributed by atoms with Crippen LogP contribution in [0.1, 0.15) is 85.2 Å². The number of benzene rings is 10. The summed E-state index contributed by atoms with van der Waals surface area (Å²) in [6, 6.07) is 57.1. The quantitative estimate of drug-likeness (QED) is 0.0329. The van der Waals surface area contributed by atoms with Crippen LogP contribution in [-0.2, 0) is 45.8 Å². The monoisotopic (exact) mass is 1620 g/mol. The van der Waals surface area contributed by atoms with Crippen molar-refractivity contribution in [1.29, 1.82) is 0 Å². The molecule has 0 aliphatic rings. The fourth-order valence-corrected chi connectivity index (χ4v) is 13.7. The van der Waals surface area contributed by atoms with Crippen molar-refractivity contribution in [2.45, 2.75) is 107 Å². The summed E-state index contributed by atoms with van der Waals surface area (Å²) in [7, 11) is -7.36. The number of hydrogen-bond acceptors (Lipinski definition) is 18. The van der Waals surface area contributed by atoms with Crippen LogP contribution >= 0.6 is 0 Å². The molecule has 0 saturated heterocycles. The van der Waals surface area contributed by atoms with Gasteiger partial charge >= 0.3 is 30.2 Å². The van der Waals surface area contributed by atoms with Crippen LogP contribution < -0.4 is 63.9 Å². The van der Waals surface area contributed by atoms with E-state index in [4.69, 9.17) is 33.2 Å². The number of nitrogens with one attached hydrogen (secondary N) is 7. The van der Waals surface area contributed by atoms with Crippen LogP contribution in [0.4, 0.5) is 33.2 Å². The van der Waals surface area contributed by atoms with Gasteiger partial charge in [0.25, 0.3) is 30.1 Å². The first-order chi connectivity index (χ1) is 53.4. The standard InChI is InChI=1S/C31H29F3N2O5S.C26H29N3O6S.C26H28N2O7S/c1-30(2,3)35-29(37)36-42(38,39)28-19-23(20-8-13-24(14-9-20)31(32,33)34)12-17-27(28)41-26-7-5-6-22(18-26)21-10-15-25(40-4)16-11-21;1-17(30)27-20-11-14-23(24(16-20)36(32,33)29-25(31)28-26(2,3)4)35-22-8-6-7-19(15-22)18-9-12-21(34-5)13-10-18;1-26(2,3)27-25(30)28-36(31,32)23-16-19(24(29)34-5)11-14-22(23)35-21-8-6-7-18(15-21)17-9-12-20(33-4)13-10-17/h5-19H,1-4H3,(H2,35,36,37);6-16H,1-5H3,(H,27,30)(H2,28,29,31);6-16H,1-5H3,(H2,27,28,30). The first-order valence-corrected chi connectivity index (χ1v) is 39.1. The summed E-state index contributed by atoms with van der Waals surface area (Å²) in [5, 5.41) is 10.1. The van der Waals surface area contributed by atoms with E-state index in [2.05, 4.69) is 21.3 Å². The maximum absolute atomic E-state index is 13.4. The molecule has 0 spiro atoms. The largest absolute Gasteiger partial charge is 0.497 e. The van der Waals surface area contributed by atoms with Gasteiger partial charge in [0.2, 0.25) is 5.91 Å². The molecule has 0 fully saturated rings. The highest BCUT2D eigenvalue weighted by molar-refractivity contribution is 7.90. The number of amides is 7. The summed E-state index contributed by atoms with van der Waals surface area (Å²) in [6.07, 6.45) is -4.52. The Balaban J connectivity index is 0.000000215. The number of halogens is 3. The number of ether oxygens (including phenoxy) is 7. The Kier molecular flexibility index (Phi) is 28.0. The lowest BCUT2D eigenvalue weighted by atomic mass is 10.0. The summed E-state index contributed by atoms with van der Waals surface area (Å²) < 4.78 is 163. The van der Waals surface area contributed by atoms with Crippen molar-refractivity contribution in [3.63, 3.8) is 0 Å². The molecule has 25 nitrogen and oxygen atoms in total. The third-order valence-corrected chi connectivity index (χ3v) is 19.6. The van der Waals surface area contributed by atoms with Crippen molar-refractivity contribution in [2.75, 3.05) is 33.8 Å². The normalized spacial score (nSPS) is 11.6. The van der Waals surface area contributed by atoms with Gasteiger partial charge < -0.3 is 54.4 Å². The van der Waals surface area contributed by atoms with Crippen LogP contribution in [0.3, 0.4) is 0 Å². The van der Waals surface area contributed by atoms with Crippen molar-refractivity contribution >= 4 is 65.7 Å². The van der Waals surface area contributed by atoms with E-state index >= 15 is 0 Å². The minimum atomic E-state index is -4.52. The Morgan fingerprint density at radius 3 is 0.947 bits per heavy atom. The first kappa shape index (κ1) is 87.0. The van der Waals surface area contributed by atoms with Crippen LogP contribution in [0.15, 0.2) is 239 Å². The first-order valence-electron chi connectivity index (χ1n) is 34.7. The highest BCUT2D eigenvalue weighted by Gasteiger charge is 2.32. The Bertz CT molecular complexity index is 5480. The number of carbonyl (C=O) groups is 5. The van der Waals surface area contributed by atoms with Crippen molar-refractivity contribution in [1.82, 2.24) is 30.1 Å². The third kappa shape index (κ3) is 25.5. The fraction of sp³-hybridized carbons (Fsp3) is 0.217. The van der Waals surface area contributed by atoms with Gasteiger partial charge in [0.05, 0.1) is 39.6 Å².